The largest absolute Gasteiger partial charge is 0.493 e. The summed E-state index contributed by atoms with van der Waals surface area (Å²) in [5, 5.41) is 2.11. The van der Waals surface area contributed by atoms with Crippen LogP contribution >= 0.6 is 11.3 Å². The Kier molecular flexibility index (Phi) is 5.66. The van der Waals surface area contributed by atoms with Crippen molar-refractivity contribution in [2.24, 2.45) is 0 Å². The number of para-hydroxylation sites is 1. The highest BCUT2D eigenvalue weighted by Gasteiger charge is 2.21. The predicted molar refractivity (Wildman–Crippen MR) is 92.7 cm³/mol. The maximum Gasteiger partial charge on any atom is 0.226 e. The number of hydrogen-bond donors (Lipinski definition) is 0. The zero-order chi connectivity index (χ0) is 15.9. The maximum atomic E-state index is 12.2. The topological polar surface area (TPSA) is 32.8 Å². The van der Waals surface area contributed by atoms with Crippen LogP contribution in [-0.2, 0) is 11.3 Å². The average Bonchev–Trinajstić information content (AvgIpc) is 3.09. The molecule has 0 saturated carbocycles. The van der Waals surface area contributed by atoms with Gasteiger partial charge in [-0.3, -0.25) is 9.69 Å². The molecule has 0 spiro atoms. The first-order valence-corrected chi connectivity index (χ1v) is 8.89. The van der Waals surface area contributed by atoms with E-state index in [2.05, 4.69) is 22.4 Å². The summed E-state index contributed by atoms with van der Waals surface area (Å²) in [4.78, 5) is 18.0. The number of carbonyl (C=O) groups is 1. The zero-order valence-corrected chi connectivity index (χ0v) is 14.0. The summed E-state index contributed by atoms with van der Waals surface area (Å²) in [6, 6.07) is 13.9. The standard InChI is InChI=1S/C18H22N2O2S/c21-18(8-13-22-16-5-2-1-3-6-16)20-11-9-19(10-12-20)15-17-7-4-14-23-17/h1-7,14H,8-13,15H2. The van der Waals surface area contributed by atoms with Gasteiger partial charge in [-0.1, -0.05) is 24.3 Å². The van der Waals surface area contributed by atoms with Crippen LogP contribution in [0.25, 0.3) is 0 Å². The van der Waals surface area contributed by atoms with Gasteiger partial charge in [-0.2, -0.15) is 0 Å². The van der Waals surface area contributed by atoms with Crippen LogP contribution < -0.4 is 4.74 Å². The first-order valence-electron chi connectivity index (χ1n) is 8.01. The lowest BCUT2D eigenvalue weighted by atomic mass is 10.2. The minimum absolute atomic E-state index is 0.191. The van der Waals surface area contributed by atoms with E-state index in [-0.39, 0.29) is 5.91 Å². The van der Waals surface area contributed by atoms with Crippen LogP contribution in [0, 0.1) is 0 Å². The molecule has 1 aliphatic rings. The van der Waals surface area contributed by atoms with E-state index in [0.717, 1.165) is 38.5 Å². The molecule has 1 aromatic heterocycles. The molecule has 0 unspecified atom stereocenters. The number of carbonyl (C=O) groups excluding carboxylic acids is 1. The fraction of sp³-hybridized carbons (Fsp3) is 0.389. The molecule has 0 bridgehead atoms. The lowest BCUT2D eigenvalue weighted by molar-refractivity contribution is -0.133. The second kappa shape index (κ2) is 8.13. The van der Waals surface area contributed by atoms with Crippen LogP contribution in [0.2, 0.25) is 0 Å². The van der Waals surface area contributed by atoms with Gasteiger partial charge >= 0.3 is 0 Å². The molecule has 122 valence electrons. The van der Waals surface area contributed by atoms with Gasteiger partial charge in [0.25, 0.3) is 0 Å². The third-order valence-corrected chi connectivity index (χ3v) is 4.87. The van der Waals surface area contributed by atoms with Crippen molar-refractivity contribution < 1.29 is 9.53 Å². The number of amides is 1. The lowest BCUT2D eigenvalue weighted by Gasteiger charge is -2.34. The molecular weight excluding hydrogens is 308 g/mol. The van der Waals surface area contributed by atoms with Gasteiger partial charge in [-0.15, -0.1) is 11.3 Å². The van der Waals surface area contributed by atoms with Gasteiger partial charge in [0.05, 0.1) is 13.0 Å². The molecule has 0 atom stereocenters. The Morgan fingerprint density at radius 1 is 1.04 bits per heavy atom. The van der Waals surface area contributed by atoms with Crippen molar-refractivity contribution in [1.29, 1.82) is 0 Å². The van der Waals surface area contributed by atoms with Crippen LogP contribution in [0.5, 0.6) is 5.75 Å². The van der Waals surface area contributed by atoms with E-state index in [4.69, 9.17) is 4.74 Å². The van der Waals surface area contributed by atoms with E-state index in [1.165, 1.54) is 4.88 Å². The predicted octanol–water partition coefficient (Wildman–Crippen LogP) is 2.86. The maximum absolute atomic E-state index is 12.2. The first-order chi connectivity index (χ1) is 11.3. The molecule has 1 fully saturated rings. The van der Waals surface area contributed by atoms with Crippen LogP contribution in [0.4, 0.5) is 0 Å². The Morgan fingerprint density at radius 3 is 2.52 bits per heavy atom. The molecule has 4 nitrogen and oxygen atoms in total. The highest BCUT2D eigenvalue weighted by atomic mass is 32.1. The van der Waals surface area contributed by atoms with E-state index in [1.807, 2.05) is 35.2 Å². The summed E-state index contributed by atoms with van der Waals surface area (Å²) < 4.78 is 5.60. The molecule has 23 heavy (non-hydrogen) atoms. The Balaban J connectivity index is 1.36. The van der Waals surface area contributed by atoms with E-state index in [1.54, 1.807) is 11.3 Å². The van der Waals surface area contributed by atoms with Crippen LogP contribution in [0.15, 0.2) is 47.8 Å². The third-order valence-electron chi connectivity index (χ3n) is 4.01. The molecule has 1 amide bonds. The Labute approximate surface area is 141 Å². The van der Waals surface area contributed by atoms with Crippen LogP contribution in [0.3, 0.4) is 0 Å². The van der Waals surface area contributed by atoms with E-state index in [9.17, 15) is 4.79 Å². The Morgan fingerprint density at radius 2 is 1.83 bits per heavy atom. The number of rotatable bonds is 6. The van der Waals surface area contributed by atoms with Crippen molar-refractivity contribution in [2.75, 3.05) is 32.8 Å². The fourth-order valence-electron chi connectivity index (χ4n) is 2.71. The minimum atomic E-state index is 0.191. The summed E-state index contributed by atoms with van der Waals surface area (Å²) >= 11 is 1.79. The van der Waals surface area contributed by atoms with Crippen molar-refractivity contribution >= 4 is 17.2 Å². The number of thiophene rings is 1. The van der Waals surface area contributed by atoms with Crippen LogP contribution in [-0.4, -0.2) is 48.5 Å². The van der Waals surface area contributed by atoms with Crippen molar-refractivity contribution in [3.8, 4) is 5.75 Å². The van der Waals surface area contributed by atoms with Crippen molar-refractivity contribution in [3.63, 3.8) is 0 Å². The molecule has 3 rings (SSSR count). The Bertz CT molecular complexity index is 593. The van der Waals surface area contributed by atoms with E-state index in [0.29, 0.717) is 13.0 Å². The number of ether oxygens (including phenoxy) is 1. The van der Waals surface area contributed by atoms with Crippen molar-refractivity contribution in [2.45, 2.75) is 13.0 Å². The molecule has 1 aliphatic heterocycles. The summed E-state index contributed by atoms with van der Waals surface area (Å²) in [6.07, 6.45) is 0.444. The van der Waals surface area contributed by atoms with E-state index >= 15 is 0 Å². The highest BCUT2D eigenvalue weighted by molar-refractivity contribution is 7.09. The molecule has 2 heterocycles. The molecular formula is C18H22N2O2S. The Hall–Kier alpha value is -1.85. The van der Waals surface area contributed by atoms with Gasteiger partial charge in [-0.25, -0.2) is 0 Å². The zero-order valence-electron chi connectivity index (χ0n) is 13.2. The molecule has 1 saturated heterocycles. The summed E-state index contributed by atoms with van der Waals surface area (Å²) in [6.45, 7) is 4.96. The molecule has 5 heteroatoms. The van der Waals surface area contributed by atoms with Gasteiger partial charge in [-0.05, 0) is 23.6 Å². The van der Waals surface area contributed by atoms with Gasteiger partial charge in [0.2, 0.25) is 5.91 Å². The van der Waals surface area contributed by atoms with Crippen molar-refractivity contribution in [3.05, 3.63) is 52.7 Å². The van der Waals surface area contributed by atoms with Gasteiger partial charge < -0.3 is 9.64 Å². The second-order valence-electron chi connectivity index (χ2n) is 5.65. The average molecular weight is 330 g/mol. The van der Waals surface area contributed by atoms with Gasteiger partial charge in [0, 0.05) is 37.6 Å². The van der Waals surface area contributed by atoms with Gasteiger partial charge in [0.1, 0.15) is 5.75 Å². The number of hydrogen-bond acceptors (Lipinski definition) is 4. The first kappa shape index (κ1) is 16.0. The summed E-state index contributed by atoms with van der Waals surface area (Å²) in [7, 11) is 0. The molecule has 0 aliphatic carbocycles. The minimum Gasteiger partial charge on any atom is -0.493 e. The summed E-state index contributed by atoms with van der Waals surface area (Å²) in [5.74, 6) is 1.01. The molecule has 1 aromatic carbocycles. The fourth-order valence-corrected chi connectivity index (χ4v) is 3.46. The highest BCUT2D eigenvalue weighted by Crippen LogP contribution is 2.14. The number of nitrogens with zero attached hydrogens (tertiary/aromatic N) is 2. The quantitative estimate of drug-likeness (QED) is 0.816. The normalized spacial score (nSPS) is 15.6. The third kappa shape index (κ3) is 4.81. The SMILES string of the molecule is O=C(CCOc1ccccc1)N1CCN(Cc2cccs2)CC1. The van der Waals surface area contributed by atoms with Gasteiger partial charge in [0.15, 0.2) is 0 Å². The molecule has 2 aromatic rings. The lowest BCUT2D eigenvalue weighted by Crippen LogP contribution is -2.48. The van der Waals surface area contributed by atoms with E-state index < -0.39 is 0 Å². The summed E-state index contributed by atoms with van der Waals surface area (Å²) in [5.41, 5.74) is 0. The smallest absolute Gasteiger partial charge is 0.226 e. The second-order valence-corrected chi connectivity index (χ2v) is 6.68. The number of benzene rings is 1. The van der Waals surface area contributed by atoms with Crippen molar-refractivity contribution in [1.82, 2.24) is 9.80 Å². The monoisotopic (exact) mass is 330 g/mol. The molecule has 0 radical (unpaired) electrons. The molecule has 0 N–H and O–H groups in total. The van der Waals surface area contributed by atoms with Crippen LogP contribution in [0.1, 0.15) is 11.3 Å². The number of piperazine rings is 1.